The molecule has 0 aromatic heterocycles. The molecule has 2 aromatic carbocycles. The zero-order chi connectivity index (χ0) is 20.9. The first-order chi connectivity index (χ1) is 14.6. The van der Waals surface area contributed by atoms with Crippen molar-refractivity contribution < 1.29 is 19.1 Å². The quantitative estimate of drug-likeness (QED) is 0.699. The Balaban J connectivity index is 1.59. The van der Waals surface area contributed by atoms with Crippen LogP contribution in [0.3, 0.4) is 0 Å². The van der Waals surface area contributed by atoms with Crippen LogP contribution in [0.1, 0.15) is 48.0 Å². The molecular weight excluding hydrogens is 404 g/mol. The Morgan fingerprint density at radius 3 is 2.57 bits per heavy atom. The fourth-order valence-corrected chi connectivity index (χ4v) is 3.89. The van der Waals surface area contributed by atoms with Gasteiger partial charge in [0.2, 0.25) is 6.79 Å². The van der Waals surface area contributed by atoms with E-state index in [1.807, 2.05) is 6.07 Å². The molecule has 30 heavy (non-hydrogen) atoms. The summed E-state index contributed by atoms with van der Waals surface area (Å²) in [6.45, 7) is 0.167. The summed E-state index contributed by atoms with van der Waals surface area (Å²) in [7, 11) is 0. The number of ether oxygens (including phenoxy) is 2. The molecule has 1 heterocycles. The van der Waals surface area contributed by atoms with Gasteiger partial charge in [-0.15, -0.1) is 0 Å². The number of hydrogen-bond donors (Lipinski definition) is 2. The summed E-state index contributed by atoms with van der Waals surface area (Å²) in [5.74, 6) is 0.500. The lowest BCUT2D eigenvalue weighted by atomic mass is 9.95. The van der Waals surface area contributed by atoms with Gasteiger partial charge < -0.3 is 20.1 Å². The zero-order valence-corrected chi connectivity index (χ0v) is 17.2. The van der Waals surface area contributed by atoms with E-state index in [2.05, 4.69) is 10.6 Å². The highest BCUT2D eigenvalue weighted by molar-refractivity contribution is 6.34. The highest BCUT2D eigenvalue weighted by Crippen LogP contribution is 2.33. The molecule has 1 aliphatic carbocycles. The molecule has 2 aromatic rings. The molecule has 6 nitrogen and oxygen atoms in total. The van der Waals surface area contributed by atoms with Crippen molar-refractivity contribution in [3.63, 3.8) is 0 Å². The van der Waals surface area contributed by atoms with Crippen LogP contribution < -0.4 is 20.1 Å². The van der Waals surface area contributed by atoms with Crippen LogP contribution in [0.5, 0.6) is 11.5 Å². The van der Waals surface area contributed by atoms with Gasteiger partial charge in [-0.2, -0.15) is 0 Å². The predicted octanol–water partition coefficient (Wildman–Crippen LogP) is 4.29. The first-order valence-electron chi connectivity index (χ1n) is 10.1. The molecular formula is C23H23ClN2O4. The molecule has 156 valence electrons. The largest absolute Gasteiger partial charge is 0.454 e. The Labute approximate surface area is 180 Å². The second-order valence-corrected chi connectivity index (χ2v) is 7.82. The second-order valence-electron chi connectivity index (χ2n) is 7.41. The molecule has 0 atom stereocenters. The van der Waals surface area contributed by atoms with Gasteiger partial charge >= 0.3 is 0 Å². The lowest BCUT2D eigenvalue weighted by Crippen LogP contribution is -2.41. The van der Waals surface area contributed by atoms with E-state index in [9.17, 15) is 9.59 Å². The van der Waals surface area contributed by atoms with E-state index >= 15 is 0 Å². The monoisotopic (exact) mass is 426 g/mol. The molecule has 2 amide bonds. The van der Waals surface area contributed by atoms with Crippen molar-refractivity contribution >= 4 is 29.5 Å². The lowest BCUT2D eigenvalue weighted by molar-refractivity contribution is -0.118. The molecule has 4 rings (SSSR count). The number of carbonyl (C=O) groups excluding carboxylic acids is 2. The number of carbonyl (C=O) groups is 2. The first kappa shape index (κ1) is 20.3. The van der Waals surface area contributed by atoms with Gasteiger partial charge in [-0.1, -0.05) is 49.1 Å². The molecule has 0 unspecified atom stereocenters. The molecule has 0 spiro atoms. The van der Waals surface area contributed by atoms with Crippen molar-refractivity contribution in [3.8, 4) is 11.5 Å². The Hall–Kier alpha value is -2.99. The van der Waals surface area contributed by atoms with E-state index in [1.54, 1.807) is 42.5 Å². The van der Waals surface area contributed by atoms with E-state index < -0.39 is 5.91 Å². The molecule has 0 radical (unpaired) electrons. The van der Waals surface area contributed by atoms with Crippen LogP contribution in [0.15, 0.2) is 48.2 Å². The number of rotatable bonds is 5. The summed E-state index contributed by atoms with van der Waals surface area (Å²) in [5, 5.41) is 6.11. The second kappa shape index (κ2) is 9.22. The summed E-state index contributed by atoms with van der Waals surface area (Å²) in [6, 6.07) is 12.2. The summed E-state index contributed by atoms with van der Waals surface area (Å²) in [4.78, 5) is 25.8. The molecule has 0 saturated heterocycles. The number of hydrogen-bond acceptors (Lipinski definition) is 4. The van der Waals surface area contributed by atoms with Gasteiger partial charge in [-0.25, -0.2) is 0 Å². The van der Waals surface area contributed by atoms with Gasteiger partial charge in [0.1, 0.15) is 5.70 Å². The maximum absolute atomic E-state index is 13.0. The van der Waals surface area contributed by atoms with Crippen LogP contribution in [-0.4, -0.2) is 24.6 Å². The molecule has 1 fully saturated rings. The summed E-state index contributed by atoms with van der Waals surface area (Å²) in [6.07, 6.45) is 6.91. The van der Waals surface area contributed by atoms with Crippen molar-refractivity contribution in [3.05, 3.63) is 64.3 Å². The van der Waals surface area contributed by atoms with Gasteiger partial charge in [0, 0.05) is 6.04 Å². The fourth-order valence-electron chi connectivity index (χ4n) is 3.67. The van der Waals surface area contributed by atoms with Crippen LogP contribution in [0.2, 0.25) is 5.02 Å². The van der Waals surface area contributed by atoms with Gasteiger partial charge in [0.05, 0.1) is 10.6 Å². The minimum absolute atomic E-state index is 0.114. The smallest absolute Gasteiger partial charge is 0.268 e. The summed E-state index contributed by atoms with van der Waals surface area (Å²) in [5.41, 5.74) is 1.18. The fraction of sp³-hybridized carbons (Fsp3) is 0.304. The van der Waals surface area contributed by atoms with Crippen molar-refractivity contribution in [2.45, 2.75) is 38.1 Å². The highest BCUT2D eigenvalue weighted by Gasteiger charge is 2.21. The standard InChI is InChI=1S/C23H23ClN2O4/c24-18-9-5-4-8-17(18)22(27)26-19(23(28)25-16-6-2-1-3-7-16)12-15-10-11-20-21(13-15)30-14-29-20/h4-5,8-13,16H,1-3,6-7,14H2,(H,25,28)(H,26,27)/b19-12+. The van der Waals surface area contributed by atoms with Crippen molar-refractivity contribution in [1.82, 2.24) is 10.6 Å². The predicted molar refractivity (Wildman–Crippen MR) is 114 cm³/mol. The third-order valence-electron chi connectivity index (χ3n) is 5.26. The summed E-state index contributed by atoms with van der Waals surface area (Å²) >= 11 is 6.15. The highest BCUT2D eigenvalue weighted by atomic mass is 35.5. The van der Waals surface area contributed by atoms with Crippen molar-refractivity contribution in [2.75, 3.05) is 6.79 Å². The average Bonchev–Trinajstić information content (AvgIpc) is 3.22. The molecule has 2 N–H and O–H groups in total. The minimum Gasteiger partial charge on any atom is -0.454 e. The van der Waals surface area contributed by atoms with Crippen LogP contribution in [0.4, 0.5) is 0 Å². The number of halogens is 1. The third-order valence-corrected chi connectivity index (χ3v) is 5.59. The molecule has 1 saturated carbocycles. The maximum atomic E-state index is 13.0. The van der Waals surface area contributed by atoms with Crippen molar-refractivity contribution in [2.24, 2.45) is 0 Å². The Kier molecular flexibility index (Phi) is 6.23. The van der Waals surface area contributed by atoms with E-state index in [1.165, 1.54) is 6.42 Å². The van der Waals surface area contributed by atoms with E-state index in [-0.39, 0.29) is 24.4 Å². The topological polar surface area (TPSA) is 76.7 Å². The van der Waals surface area contributed by atoms with E-state index in [0.29, 0.717) is 27.6 Å². The molecule has 2 aliphatic rings. The van der Waals surface area contributed by atoms with Gasteiger partial charge in [0.15, 0.2) is 11.5 Å². The number of fused-ring (bicyclic) bond motifs is 1. The Morgan fingerprint density at radius 2 is 1.77 bits per heavy atom. The Morgan fingerprint density at radius 1 is 1.00 bits per heavy atom. The Bertz CT molecular complexity index is 983. The van der Waals surface area contributed by atoms with Crippen LogP contribution in [0.25, 0.3) is 6.08 Å². The van der Waals surface area contributed by atoms with Gasteiger partial charge in [0.25, 0.3) is 11.8 Å². The number of nitrogens with one attached hydrogen (secondary N) is 2. The first-order valence-corrected chi connectivity index (χ1v) is 10.5. The van der Waals surface area contributed by atoms with Crippen LogP contribution in [-0.2, 0) is 4.79 Å². The summed E-state index contributed by atoms with van der Waals surface area (Å²) < 4.78 is 10.7. The molecule has 7 heteroatoms. The normalized spacial score (nSPS) is 16.2. The van der Waals surface area contributed by atoms with E-state index in [0.717, 1.165) is 25.7 Å². The van der Waals surface area contributed by atoms with Crippen LogP contribution >= 0.6 is 11.6 Å². The van der Waals surface area contributed by atoms with E-state index in [4.69, 9.17) is 21.1 Å². The van der Waals surface area contributed by atoms with Crippen molar-refractivity contribution in [1.29, 1.82) is 0 Å². The van der Waals surface area contributed by atoms with Gasteiger partial charge in [-0.05, 0) is 48.7 Å². The minimum atomic E-state index is -0.439. The third kappa shape index (κ3) is 4.76. The zero-order valence-electron chi connectivity index (χ0n) is 16.4. The SMILES string of the molecule is O=C(NC1CCCCC1)/C(=C\c1ccc2c(c1)OCO2)NC(=O)c1ccccc1Cl. The molecule has 1 aliphatic heterocycles. The average molecular weight is 427 g/mol. The van der Waals surface area contributed by atoms with Crippen LogP contribution in [0, 0.1) is 0 Å². The van der Waals surface area contributed by atoms with Gasteiger partial charge in [-0.3, -0.25) is 9.59 Å². The molecule has 0 bridgehead atoms. The number of benzene rings is 2. The maximum Gasteiger partial charge on any atom is 0.268 e. The lowest BCUT2D eigenvalue weighted by Gasteiger charge is -2.23. The number of amides is 2.